The third-order valence-electron chi connectivity index (χ3n) is 6.21. The van der Waals surface area contributed by atoms with Crippen molar-refractivity contribution in [3.8, 4) is 5.75 Å². The number of likely N-dealkylation sites (tertiary alicyclic amines) is 1. The van der Waals surface area contributed by atoms with Gasteiger partial charge in [0.25, 0.3) is 5.91 Å². The van der Waals surface area contributed by atoms with Gasteiger partial charge in [0.15, 0.2) is 0 Å². The molecule has 0 radical (unpaired) electrons. The van der Waals surface area contributed by atoms with Crippen molar-refractivity contribution in [1.29, 1.82) is 0 Å². The molecule has 172 valence electrons. The summed E-state index contributed by atoms with van der Waals surface area (Å²) in [5, 5.41) is 1.96. The number of piperazine rings is 1. The Labute approximate surface area is 194 Å². The summed E-state index contributed by atoms with van der Waals surface area (Å²) in [6.45, 7) is 9.79. The van der Waals surface area contributed by atoms with Crippen LogP contribution >= 0.6 is 11.3 Å². The molecule has 0 spiro atoms. The molecule has 32 heavy (non-hydrogen) atoms. The van der Waals surface area contributed by atoms with Crippen LogP contribution in [0, 0.1) is 11.8 Å². The van der Waals surface area contributed by atoms with Crippen LogP contribution in [-0.2, 0) is 11.4 Å². The van der Waals surface area contributed by atoms with Crippen LogP contribution in [-0.4, -0.2) is 77.3 Å². The molecule has 2 atom stereocenters. The molecule has 1 aromatic heterocycles. The molecule has 7 nitrogen and oxygen atoms in total. The lowest BCUT2D eigenvalue weighted by Gasteiger charge is -2.38. The van der Waals surface area contributed by atoms with E-state index in [0.29, 0.717) is 43.6 Å². The highest BCUT2D eigenvalue weighted by Gasteiger charge is 2.28. The van der Waals surface area contributed by atoms with Gasteiger partial charge in [0.2, 0.25) is 5.91 Å². The number of piperidine rings is 1. The van der Waals surface area contributed by atoms with Gasteiger partial charge in [0.05, 0.1) is 17.7 Å². The topological polar surface area (TPSA) is 66.0 Å². The summed E-state index contributed by atoms with van der Waals surface area (Å²) >= 11 is 1.54. The maximum atomic E-state index is 12.9. The maximum absolute atomic E-state index is 12.9. The highest BCUT2D eigenvalue weighted by Crippen LogP contribution is 2.21. The van der Waals surface area contributed by atoms with E-state index < -0.39 is 0 Å². The van der Waals surface area contributed by atoms with Crippen molar-refractivity contribution >= 4 is 23.2 Å². The lowest BCUT2D eigenvalue weighted by atomic mass is 9.92. The van der Waals surface area contributed by atoms with E-state index in [-0.39, 0.29) is 11.8 Å². The van der Waals surface area contributed by atoms with Gasteiger partial charge in [0, 0.05) is 50.2 Å². The number of carbonyl (C=O) groups excluding carboxylic acids is 2. The Balaban J connectivity index is 1.23. The lowest BCUT2D eigenvalue weighted by molar-refractivity contribution is -0.135. The average Bonchev–Trinajstić information content (AvgIpc) is 3.31. The first kappa shape index (κ1) is 22.7. The van der Waals surface area contributed by atoms with Gasteiger partial charge in [-0.15, -0.1) is 11.3 Å². The number of amides is 2. The lowest BCUT2D eigenvalue weighted by Crippen LogP contribution is -2.53. The molecule has 2 saturated heterocycles. The number of thiazole rings is 1. The second kappa shape index (κ2) is 10.4. The molecule has 0 N–H and O–H groups in total. The van der Waals surface area contributed by atoms with E-state index in [4.69, 9.17) is 4.74 Å². The first-order valence-corrected chi connectivity index (χ1v) is 12.3. The molecular weight excluding hydrogens is 424 g/mol. The number of aromatic nitrogens is 1. The minimum atomic E-state index is 0.0284. The fourth-order valence-corrected chi connectivity index (χ4v) is 5.15. The van der Waals surface area contributed by atoms with Gasteiger partial charge in [-0.2, -0.15) is 0 Å². The predicted octanol–water partition coefficient (Wildman–Crippen LogP) is 2.98. The van der Waals surface area contributed by atoms with Crippen molar-refractivity contribution in [2.45, 2.75) is 26.9 Å². The van der Waals surface area contributed by atoms with Gasteiger partial charge >= 0.3 is 0 Å². The molecule has 2 aliphatic heterocycles. The van der Waals surface area contributed by atoms with Crippen LogP contribution in [0.15, 0.2) is 35.2 Å². The number of benzene rings is 1. The van der Waals surface area contributed by atoms with Crippen molar-refractivity contribution in [2.24, 2.45) is 11.8 Å². The fraction of sp³-hybridized carbons (Fsp3) is 0.542. The number of ether oxygens (including phenoxy) is 1. The molecule has 0 saturated carbocycles. The second-order valence-electron chi connectivity index (χ2n) is 9.11. The van der Waals surface area contributed by atoms with Gasteiger partial charge in [-0.25, -0.2) is 4.98 Å². The quantitative estimate of drug-likeness (QED) is 0.669. The second-order valence-corrected chi connectivity index (χ2v) is 9.82. The predicted molar refractivity (Wildman–Crippen MR) is 125 cm³/mol. The molecule has 0 bridgehead atoms. The van der Waals surface area contributed by atoms with E-state index in [2.05, 4.69) is 23.7 Å². The monoisotopic (exact) mass is 456 g/mol. The van der Waals surface area contributed by atoms with E-state index >= 15 is 0 Å². The third-order valence-corrected chi connectivity index (χ3v) is 6.85. The number of carbonyl (C=O) groups is 2. The molecule has 8 heteroatoms. The molecule has 2 aromatic rings. The molecule has 2 aliphatic rings. The summed E-state index contributed by atoms with van der Waals surface area (Å²) in [4.78, 5) is 35.9. The molecule has 2 unspecified atom stereocenters. The Morgan fingerprint density at radius 3 is 2.34 bits per heavy atom. The zero-order valence-corrected chi connectivity index (χ0v) is 19.7. The van der Waals surface area contributed by atoms with Crippen LogP contribution in [0.5, 0.6) is 5.75 Å². The minimum Gasteiger partial charge on any atom is -0.487 e. The Morgan fingerprint density at radius 1 is 1.03 bits per heavy atom. The van der Waals surface area contributed by atoms with E-state index in [9.17, 15) is 9.59 Å². The summed E-state index contributed by atoms with van der Waals surface area (Å²) in [5.41, 5.74) is 3.34. The summed E-state index contributed by atoms with van der Waals surface area (Å²) < 4.78 is 5.72. The van der Waals surface area contributed by atoms with Gasteiger partial charge in [-0.3, -0.25) is 14.5 Å². The van der Waals surface area contributed by atoms with Crippen LogP contribution in [0.2, 0.25) is 0 Å². The van der Waals surface area contributed by atoms with Crippen LogP contribution in [0.25, 0.3) is 0 Å². The average molecular weight is 457 g/mol. The third kappa shape index (κ3) is 5.86. The largest absolute Gasteiger partial charge is 0.487 e. The van der Waals surface area contributed by atoms with Crippen molar-refractivity contribution in [1.82, 2.24) is 19.7 Å². The zero-order valence-electron chi connectivity index (χ0n) is 18.9. The van der Waals surface area contributed by atoms with Gasteiger partial charge in [-0.1, -0.05) is 13.8 Å². The van der Waals surface area contributed by atoms with Crippen LogP contribution in [0.4, 0.5) is 0 Å². The number of hydrogen-bond acceptors (Lipinski definition) is 6. The number of rotatable bonds is 6. The molecule has 1 aromatic carbocycles. The van der Waals surface area contributed by atoms with E-state index in [1.807, 2.05) is 39.4 Å². The van der Waals surface area contributed by atoms with E-state index in [0.717, 1.165) is 37.6 Å². The SMILES string of the molecule is CC1CC(C)CN(C(=O)CN2CCN(C(=O)c3ccc(OCc4cscn4)cc3)CC2)C1. The fourth-order valence-electron chi connectivity index (χ4n) is 4.61. The van der Waals surface area contributed by atoms with Gasteiger partial charge in [0.1, 0.15) is 12.4 Å². The van der Waals surface area contributed by atoms with Crippen molar-refractivity contribution in [3.63, 3.8) is 0 Å². The summed E-state index contributed by atoms with van der Waals surface area (Å²) in [6.07, 6.45) is 1.20. The highest BCUT2D eigenvalue weighted by atomic mass is 32.1. The van der Waals surface area contributed by atoms with Gasteiger partial charge in [-0.05, 0) is 42.5 Å². The van der Waals surface area contributed by atoms with Crippen molar-refractivity contribution in [2.75, 3.05) is 45.8 Å². The summed E-state index contributed by atoms with van der Waals surface area (Å²) in [5.74, 6) is 2.11. The van der Waals surface area contributed by atoms with Crippen LogP contribution in [0.3, 0.4) is 0 Å². The highest BCUT2D eigenvalue weighted by molar-refractivity contribution is 7.07. The van der Waals surface area contributed by atoms with Crippen molar-refractivity contribution in [3.05, 3.63) is 46.4 Å². The normalized spacial score (nSPS) is 22.1. The first-order valence-electron chi connectivity index (χ1n) is 11.4. The van der Waals surface area contributed by atoms with E-state index in [1.165, 1.54) is 6.42 Å². The number of nitrogens with zero attached hydrogens (tertiary/aromatic N) is 4. The Kier molecular flexibility index (Phi) is 7.42. The molecule has 3 heterocycles. The molecular formula is C24H32N4O3S. The Hall–Kier alpha value is -2.45. The first-order chi connectivity index (χ1) is 15.5. The smallest absolute Gasteiger partial charge is 0.253 e. The summed E-state index contributed by atoms with van der Waals surface area (Å²) in [6, 6.07) is 7.28. The molecule has 2 amide bonds. The standard InChI is InChI=1S/C24H32N4O3S/c1-18-11-19(2)13-28(12-18)23(29)14-26-7-9-27(10-8-26)24(30)20-3-5-22(6-4-20)31-15-21-16-32-17-25-21/h3-6,16-19H,7-15H2,1-2H3. The van der Waals surface area contributed by atoms with Gasteiger partial charge < -0.3 is 14.5 Å². The molecule has 2 fully saturated rings. The molecule has 4 rings (SSSR count). The summed E-state index contributed by atoms with van der Waals surface area (Å²) in [7, 11) is 0. The van der Waals surface area contributed by atoms with Crippen LogP contribution in [0.1, 0.15) is 36.3 Å². The van der Waals surface area contributed by atoms with E-state index in [1.54, 1.807) is 16.8 Å². The maximum Gasteiger partial charge on any atom is 0.253 e. The van der Waals surface area contributed by atoms with Crippen molar-refractivity contribution < 1.29 is 14.3 Å². The Morgan fingerprint density at radius 2 is 1.72 bits per heavy atom. The Bertz CT molecular complexity index is 884. The van der Waals surface area contributed by atoms with Crippen LogP contribution < -0.4 is 4.74 Å². The zero-order chi connectivity index (χ0) is 22.5. The number of hydrogen-bond donors (Lipinski definition) is 0. The minimum absolute atomic E-state index is 0.0284. The molecule has 0 aliphatic carbocycles.